The summed E-state index contributed by atoms with van der Waals surface area (Å²) in [7, 11) is 0. The Balaban J connectivity index is 1.24. The maximum Gasteiger partial charge on any atom is 0.236 e. The predicted molar refractivity (Wildman–Crippen MR) is 154 cm³/mol. The average Bonchev–Trinajstić information content (AvgIpc) is 3.37. The number of fused-ring (bicyclic) bond motifs is 3. The Kier molecular flexibility index (Phi) is 6.96. The van der Waals surface area contributed by atoms with Crippen LogP contribution >= 0.6 is 0 Å². The van der Waals surface area contributed by atoms with Crippen LogP contribution in [0.3, 0.4) is 0 Å². The van der Waals surface area contributed by atoms with Gasteiger partial charge in [-0.05, 0) is 50.0 Å². The summed E-state index contributed by atoms with van der Waals surface area (Å²) in [4.78, 5) is 35.3. The molecule has 0 saturated carbocycles. The van der Waals surface area contributed by atoms with Crippen molar-refractivity contribution in [2.75, 3.05) is 19.6 Å². The molecule has 4 heterocycles. The monoisotopic (exact) mass is 533 g/mol. The van der Waals surface area contributed by atoms with Crippen LogP contribution in [0.25, 0.3) is 39.1 Å². The van der Waals surface area contributed by atoms with Crippen molar-refractivity contribution < 1.29 is 9.59 Å². The summed E-state index contributed by atoms with van der Waals surface area (Å²) in [6.07, 6.45) is 3.39. The Morgan fingerprint density at radius 2 is 1.75 bits per heavy atom. The number of likely N-dealkylation sites (tertiary alicyclic amines) is 1. The van der Waals surface area contributed by atoms with E-state index in [9.17, 15) is 9.59 Å². The van der Waals surface area contributed by atoms with E-state index in [-0.39, 0.29) is 18.4 Å². The number of aryl methyl sites for hydroxylation is 1. The van der Waals surface area contributed by atoms with E-state index in [1.54, 1.807) is 0 Å². The van der Waals surface area contributed by atoms with Gasteiger partial charge >= 0.3 is 0 Å². The highest BCUT2D eigenvalue weighted by molar-refractivity contribution is 5.90. The topological polar surface area (TPSA) is 119 Å². The number of nitrogens with one attached hydrogen (secondary N) is 1. The van der Waals surface area contributed by atoms with E-state index in [1.807, 2.05) is 41.9 Å². The zero-order chi connectivity index (χ0) is 27.6. The van der Waals surface area contributed by atoms with Crippen LogP contribution in [0.2, 0.25) is 0 Å². The van der Waals surface area contributed by atoms with Gasteiger partial charge in [-0.25, -0.2) is 9.97 Å². The summed E-state index contributed by atoms with van der Waals surface area (Å²) < 4.78 is 1.81. The molecule has 0 spiro atoms. The number of nitrogens with zero attached hydrogens (tertiary/aromatic N) is 5. The van der Waals surface area contributed by atoms with E-state index in [0.717, 1.165) is 77.2 Å². The number of hydrogen-bond acceptors (Lipinski definition) is 6. The molecular formula is C31H31N7O2. The second kappa shape index (κ2) is 10.9. The molecule has 9 nitrogen and oxygen atoms in total. The molecule has 0 radical (unpaired) electrons. The van der Waals surface area contributed by atoms with Crippen LogP contribution in [0.4, 0.5) is 0 Å². The van der Waals surface area contributed by atoms with Crippen molar-refractivity contribution in [3.05, 3.63) is 84.2 Å². The maximum atomic E-state index is 12.3. The molecule has 2 amide bonds. The number of hydrogen-bond donors (Lipinski definition) is 2. The quantitative estimate of drug-likeness (QED) is 0.329. The molecule has 1 aliphatic rings. The zero-order valence-electron chi connectivity index (χ0n) is 22.4. The largest absolute Gasteiger partial charge is 0.368 e. The number of carbonyl (C=O) groups is 2. The van der Waals surface area contributed by atoms with Crippen LogP contribution in [0.5, 0.6) is 0 Å². The van der Waals surface area contributed by atoms with Crippen molar-refractivity contribution in [2.45, 2.75) is 26.3 Å². The fraction of sp³-hybridized carbons (Fsp3) is 0.258. The molecule has 0 bridgehead atoms. The molecule has 40 heavy (non-hydrogen) atoms. The average molecular weight is 534 g/mol. The number of benzene rings is 2. The van der Waals surface area contributed by atoms with Crippen LogP contribution in [0.15, 0.2) is 72.9 Å². The lowest BCUT2D eigenvalue weighted by molar-refractivity contribution is -0.128. The highest BCUT2D eigenvalue weighted by Gasteiger charge is 2.25. The third-order valence-corrected chi connectivity index (χ3v) is 7.49. The van der Waals surface area contributed by atoms with Gasteiger partial charge in [-0.1, -0.05) is 54.6 Å². The van der Waals surface area contributed by atoms with Gasteiger partial charge in [-0.3, -0.25) is 14.5 Å². The number of piperidine rings is 1. The van der Waals surface area contributed by atoms with E-state index in [4.69, 9.17) is 10.7 Å². The van der Waals surface area contributed by atoms with Crippen molar-refractivity contribution >= 4 is 28.5 Å². The van der Waals surface area contributed by atoms with Crippen molar-refractivity contribution in [3.8, 4) is 22.4 Å². The lowest BCUT2D eigenvalue weighted by Crippen LogP contribution is -2.42. The highest BCUT2D eigenvalue weighted by Crippen LogP contribution is 2.33. The first-order valence-corrected chi connectivity index (χ1v) is 13.5. The minimum Gasteiger partial charge on any atom is -0.368 e. The zero-order valence-corrected chi connectivity index (χ0v) is 22.4. The summed E-state index contributed by atoms with van der Waals surface area (Å²) in [6.45, 7) is 4.32. The first-order chi connectivity index (χ1) is 19.4. The first kappa shape index (κ1) is 25.6. The smallest absolute Gasteiger partial charge is 0.236 e. The van der Waals surface area contributed by atoms with E-state index in [2.05, 4.69) is 62.8 Å². The Morgan fingerprint density at radius 1 is 1.00 bits per heavy atom. The third-order valence-electron chi connectivity index (χ3n) is 7.49. The van der Waals surface area contributed by atoms with Gasteiger partial charge in [-0.15, -0.1) is 0 Å². The Hall–Kier alpha value is -4.63. The second-order valence-electron chi connectivity index (χ2n) is 10.4. The number of carbonyl (C=O) groups excluding carboxylic acids is 2. The Morgan fingerprint density at radius 3 is 2.48 bits per heavy atom. The summed E-state index contributed by atoms with van der Waals surface area (Å²) in [5.41, 5.74) is 12.9. The molecule has 5 aromatic rings. The van der Waals surface area contributed by atoms with E-state index >= 15 is 0 Å². The molecule has 202 valence electrons. The first-order valence-electron chi connectivity index (χ1n) is 13.5. The van der Waals surface area contributed by atoms with Gasteiger partial charge in [0.1, 0.15) is 0 Å². The van der Waals surface area contributed by atoms with Crippen LogP contribution < -0.4 is 11.1 Å². The van der Waals surface area contributed by atoms with Crippen molar-refractivity contribution in [1.82, 2.24) is 29.8 Å². The summed E-state index contributed by atoms with van der Waals surface area (Å²) >= 11 is 0. The summed E-state index contributed by atoms with van der Waals surface area (Å²) in [6, 6.07) is 23.0. The van der Waals surface area contributed by atoms with E-state index in [0.29, 0.717) is 0 Å². The lowest BCUT2D eigenvalue weighted by Gasteiger charge is -2.31. The fourth-order valence-electron chi connectivity index (χ4n) is 5.41. The van der Waals surface area contributed by atoms with Crippen LogP contribution in [0.1, 0.15) is 24.1 Å². The Bertz CT molecular complexity index is 1690. The molecule has 3 N–H and O–H groups in total. The van der Waals surface area contributed by atoms with Crippen LogP contribution in [-0.4, -0.2) is 55.9 Å². The van der Waals surface area contributed by atoms with Crippen molar-refractivity contribution in [1.29, 1.82) is 0 Å². The summed E-state index contributed by atoms with van der Waals surface area (Å²) in [5.74, 6) is -0.683. The molecule has 0 unspecified atom stereocenters. The maximum absolute atomic E-state index is 12.3. The third kappa shape index (κ3) is 5.28. The second-order valence-corrected chi connectivity index (χ2v) is 10.4. The molecule has 2 aromatic carbocycles. The minimum absolute atomic E-state index is 0.0754. The Labute approximate surface area is 232 Å². The number of nitrogens with two attached hydrogens (primary N) is 1. The van der Waals surface area contributed by atoms with Crippen LogP contribution in [-0.2, 0) is 16.1 Å². The van der Waals surface area contributed by atoms with Gasteiger partial charge in [0.2, 0.25) is 11.8 Å². The van der Waals surface area contributed by atoms with E-state index in [1.165, 1.54) is 5.56 Å². The molecule has 6 rings (SSSR count). The normalized spacial score (nSPS) is 14.5. The van der Waals surface area contributed by atoms with Crippen LogP contribution in [0, 0.1) is 12.8 Å². The van der Waals surface area contributed by atoms with Gasteiger partial charge in [0.15, 0.2) is 11.3 Å². The minimum atomic E-state index is -0.522. The highest BCUT2D eigenvalue weighted by atomic mass is 16.2. The van der Waals surface area contributed by atoms with Crippen molar-refractivity contribution in [2.24, 2.45) is 11.7 Å². The van der Waals surface area contributed by atoms with Gasteiger partial charge < -0.3 is 11.1 Å². The molecule has 0 atom stereocenters. The SMILES string of the molecule is Cc1cc2ncc3cc(-c4ccccc4)c(-c4ccc(CN5CCC(C(=O)NCC(N)=O)CC5)cc4)nc3n2n1. The molecular weight excluding hydrogens is 502 g/mol. The molecule has 1 aliphatic heterocycles. The molecule has 0 aliphatic carbocycles. The molecule has 3 aromatic heterocycles. The number of rotatable bonds is 7. The molecule has 9 heteroatoms. The van der Waals surface area contributed by atoms with Crippen molar-refractivity contribution in [3.63, 3.8) is 0 Å². The number of pyridine rings is 1. The van der Waals surface area contributed by atoms with Gasteiger partial charge in [0, 0.05) is 41.2 Å². The number of amides is 2. The predicted octanol–water partition coefficient (Wildman–Crippen LogP) is 3.73. The molecule has 1 saturated heterocycles. The lowest BCUT2D eigenvalue weighted by atomic mass is 9.95. The summed E-state index contributed by atoms with van der Waals surface area (Å²) in [5, 5.41) is 8.19. The molecule has 1 fully saturated rings. The van der Waals surface area contributed by atoms with E-state index < -0.39 is 5.91 Å². The fourth-order valence-corrected chi connectivity index (χ4v) is 5.41. The standard InChI is InChI=1S/C31H31N7O2/c1-20-15-28-33-17-25-16-26(22-5-3-2-4-6-22)29(35-30(25)38(28)36-20)23-9-7-21(8-10-23)19-37-13-11-24(12-14-37)31(40)34-18-27(32)39/h2-10,15-17,24H,11-14,18-19H2,1H3,(H2,32,39)(H,34,40). The number of primary amides is 1. The number of aromatic nitrogens is 4. The van der Waals surface area contributed by atoms with Gasteiger partial charge in [0.25, 0.3) is 0 Å². The van der Waals surface area contributed by atoms with Gasteiger partial charge in [-0.2, -0.15) is 9.61 Å². The van der Waals surface area contributed by atoms with Gasteiger partial charge in [0.05, 0.1) is 17.9 Å².